The van der Waals surface area contributed by atoms with Crippen molar-refractivity contribution in [3.05, 3.63) is 47.1 Å². The molecule has 0 aliphatic heterocycles. The Morgan fingerprint density at radius 1 is 1.29 bits per heavy atom. The van der Waals surface area contributed by atoms with Gasteiger partial charge in [-0.15, -0.1) is 11.3 Å². The second-order valence-electron chi connectivity index (χ2n) is 4.75. The van der Waals surface area contributed by atoms with Crippen LogP contribution in [-0.2, 0) is 6.54 Å². The minimum Gasteiger partial charge on any atom is -0.494 e. The Kier molecular flexibility index (Phi) is 4.01. The minimum atomic E-state index is 0.678. The van der Waals surface area contributed by atoms with E-state index in [1.807, 2.05) is 19.1 Å². The highest BCUT2D eigenvalue weighted by Gasteiger charge is 2.07. The minimum absolute atomic E-state index is 0.678. The maximum Gasteiger partial charge on any atom is 0.147 e. The molecule has 0 saturated heterocycles. The van der Waals surface area contributed by atoms with E-state index in [9.17, 15) is 0 Å². The van der Waals surface area contributed by atoms with E-state index >= 15 is 0 Å². The first-order chi connectivity index (χ1) is 10.3. The number of nitrogens with one attached hydrogen (secondary N) is 1. The molecule has 3 aromatic rings. The Hall–Kier alpha value is -2.14. The van der Waals surface area contributed by atoms with Crippen molar-refractivity contribution in [3.8, 4) is 5.75 Å². The van der Waals surface area contributed by atoms with E-state index < -0.39 is 0 Å². The third-order valence-electron chi connectivity index (χ3n) is 3.20. The van der Waals surface area contributed by atoms with Crippen molar-refractivity contribution in [1.29, 1.82) is 0 Å². The van der Waals surface area contributed by atoms with Crippen LogP contribution in [0.25, 0.3) is 10.2 Å². The summed E-state index contributed by atoms with van der Waals surface area (Å²) in [7, 11) is 0. The molecule has 0 spiro atoms. The van der Waals surface area contributed by atoms with Gasteiger partial charge in [0.25, 0.3) is 0 Å². The number of thiophene rings is 1. The summed E-state index contributed by atoms with van der Waals surface area (Å²) in [5.41, 5.74) is 3.39. The number of aryl methyl sites for hydroxylation is 1. The third kappa shape index (κ3) is 2.97. The van der Waals surface area contributed by atoms with Crippen LogP contribution >= 0.6 is 11.3 Å². The van der Waals surface area contributed by atoms with Crippen LogP contribution in [0.2, 0.25) is 0 Å². The van der Waals surface area contributed by atoms with E-state index in [-0.39, 0.29) is 0 Å². The summed E-state index contributed by atoms with van der Waals surface area (Å²) in [6.07, 6.45) is 1.61. The highest BCUT2D eigenvalue weighted by Crippen LogP contribution is 2.28. The fourth-order valence-electron chi connectivity index (χ4n) is 2.19. The average molecular weight is 299 g/mol. The predicted molar refractivity (Wildman–Crippen MR) is 87.1 cm³/mol. The molecular weight excluding hydrogens is 282 g/mol. The number of ether oxygens (including phenoxy) is 1. The Morgan fingerprint density at radius 2 is 2.19 bits per heavy atom. The van der Waals surface area contributed by atoms with Crippen LogP contribution < -0.4 is 10.1 Å². The second-order valence-corrected chi connectivity index (χ2v) is 5.63. The zero-order valence-corrected chi connectivity index (χ0v) is 12.9. The number of benzene rings is 1. The third-order valence-corrected chi connectivity index (χ3v) is 4.29. The molecule has 108 valence electrons. The zero-order chi connectivity index (χ0) is 14.7. The molecule has 5 heteroatoms. The molecule has 2 heterocycles. The van der Waals surface area contributed by atoms with Crippen molar-refractivity contribution < 1.29 is 4.74 Å². The van der Waals surface area contributed by atoms with Crippen LogP contribution in [0.5, 0.6) is 5.75 Å². The summed E-state index contributed by atoms with van der Waals surface area (Å²) in [4.78, 5) is 8.69. The van der Waals surface area contributed by atoms with E-state index in [0.717, 1.165) is 21.8 Å². The van der Waals surface area contributed by atoms with Gasteiger partial charge in [-0.05, 0) is 42.5 Å². The van der Waals surface area contributed by atoms with Crippen molar-refractivity contribution in [3.63, 3.8) is 0 Å². The summed E-state index contributed by atoms with van der Waals surface area (Å²) in [6, 6.07) is 8.10. The molecule has 2 aromatic heterocycles. The molecule has 21 heavy (non-hydrogen) atoms. The van der Waals surface area contributed by atoms with Crippen molar-refractivity contribution in [2.45, 2.75) is 20.4 Å². The van der Waals surface area contributed by atoms with Crippen LogP contribution in [0.4, 0.5) is 5.82 Å². The normalized spacial score (nSPS) is 10.8. The fourth-order valence-corrected chi connectivity index (χ4v) is 3.16. The number of nitrogens with zero attached hydrogens (tertiary/aromatic N) is 2. The van der Waals surface area contributed by atoms with Gasteiger partial charge in [0.1, 0.15) is 17.9 Å². The molecule has 0 atom stereocenters. The highest BCUT2D eigenvalue weighted by molar-refractivity contribution is 7.18. The Morgan fingerprint density at radius 3 is 3.05 bits per heavy atom. The number of aromatic nitrogens is 2. The molecule has 3 rings (SSSR count). The van der Waals surface area contributed by atoms with E-state index in [4.69, 9.17) is 4.74 Å². The van der Waals surface area contributed by atoms with Gasteiger partial charge in [-0.2, -0.15) is 0 Å². The number of anilines is 1. The van der Waals surface area contributed by atoms with Gasteiger partial charge in [-0.25, -0.2) is 9.97 Å². The number of fused-ring (bicyclic) bond motifs is 1. The van der Waals surface area contributed by atoms with E-state index in [1.165, 1.54) is 11.1 Å². The van der Waals surface area contributed by atoms with Gasteiger partial charge in [0.2, 0.25) is 0 Å². The monoisotopic (exact) mass is 299 g/mol. The average Bonchev–Trinajstić information content (AvgIpc) is 2.88. The van der Waals surface area contributed by atoms with Crippen LogP contribution in [0, 0.1) is 6.92 Å². The van der Waals surface area contributed by atoms with Gasteiger partial charge in [-0.1, -0.05) is 12.1 Å². The van der Waals surface area contributed by atoms with Crippen LogP contribution in [0.1, 0.15) is 18.1 Å². The first-order valence-corrected chi connectivity index (χ1v) is 7.80. The van der Waals surface area contributed by atoms with Gasteiger partial charge in [-0.3, -0.25) is 0 Å². The van der Waals surface area contributed by atoms with Crippen molar-refractivity contribution in [1.82, 2.24) is 9.97 Å². The molecule has 0 unspecified atom stereocenters. The molecule has 0 aliphatic rings. The standard InChI is InChI=1S/C16H17N3OS/c1-3-20-13-6-4-5-12(7-13)8-17-16-15-14(18-10-19-16)11(2)9-21-15/h4-7,9-10H,3,8H2,1-2H3,(H,17,18,19). The lowest BCUT2D eigenvalue weighted by Crippen LogP contribution is -2.02. The smallest absolute Gasteiger partial charge is 0.147 e. The van der Waals surface area contributed by atoms with Gasteiger partial charge >= 0.3 is 0 Å². The highest BCUT2D eigenvalue weighted by atomic mass is 32.1. The predicted octanol–water partition coefficient (Wildman–Crippen LogP) is 4.01. The van der Waals surface area contributed by atoms with Gasteiger partial charge in [0.15, 0.2) is 0 Å². The molecule has 1 aromatic carbocycles. The largest absolute Gasteiger partial charge is 0.494 e. The first-order valence-electron chi connectivity index (χ1n) is 6.92. The second kappa shape index (κ2) is 6.10. The Labute approximate surface area is 127 Å². The van der Waals surface area contributed by atoms with Crippen molar-refractivity contribution in [2.75, 3.05) is 11.9 Å². The van der Waals surface area contributed by atoms with E-state index in [1.54, 1.807) is 17.7 Å². The molecule has 4 nitrogen and oxygen atoms in total. The molecule has 1 N–H and O–H groups in total. The molecule has 0 aliphatic carbocycles. The van der Waals surface area contributed by atoms with Crippen LogP contribution in [0.15, 0.2) is 36.0 Å². The summed E-state index contributed by atoms with van der Waals surface area (Å²) >= 11 is 1.67. The van der Waals surface area contributed by atoms with Gasteiger partial charge < -0.3 is 10.1 Å². The lowest BCUT2D eigenvalue weighted by atomic mass is 10.2. The Bertz CT molecular complexity index is 754. The lowest BCUT2D eigenvalue weighted by Gasteiger charge is -2.08. The van der Waals surface area contributed by atoms with Crippen LogP contribution in [-0.4, -0.2) is 16.6 Å². The molecule has 0 bridgehead atoms. The van der Waals surface area contributed by atoms with Gasteiger partial charge in [0, 0.05) is 6.54 Å². The zero-order valence-electron chi connectivity index (χ0n) is 12.1. The summed E-state index contributed by atoms with van der Waals surface area (Å²) < 4.78 is 6.63. The topological polar surface area (TPSA) is 47.0 Å². The molecule has 0 fully saturated rings. The maximum absolute atomic E-state index is 5.52. The maximum atomic E-state index is 5.52. The molecular formula is C16H17N3OS. The fraction of sp³-hybridized carbons (Fsp3) is 0.250. The molecule has 0 saturated carbocycles. The molecule has 0 radical (unpaired) electrons. The number of rotatable bonds is 5. The molecule has 0 amide bonds. The number of hydrogen-bond donors (Lipinski definition) is 1. The number of hydrogen-bond acceptors (Lipinski definition) is 5. The van der Waals surface area contributed by atoms with E-state index in [0.29, 0.717) is 13.2 Å². The Balaban J connectivity index is 1.79. The lowest BCUT2D eigenvalue weighted by molar-refractivity contribution is 0.340. The van der Waals surface area contributed by atoms with Crippen molar-refractivity contribution >= 4 is 27.4 Å². The quantitative estimate of drug-likeness (QED) is 0.773. The summed E-state index contributed by atoms with van der Waals surface area (Å²) in [5, 5.41) is 5.50. The van der Waals surface area contributed by atoms with Crippen molar-refractivity contribution in [2.24, 2.45) is 0 Å². The summed E-state index contributed by atoms with van der Waals surface area (Å²) in [6.45, 7) is 5.45. The van der Waals surface area contributed by atoms with Gasteiger partial charge in [0.05, 0.1) is 16.8 Å². The first kappa shape index (κ1) is 13.8. The summed E-state index contributed by atoms with van der Waals surface area (Å²) in [5.74, 6) is 1.79. The van der Waals surface area contributed by atoms with Crippen LogP contribution in [0.3, 0.4) is 0 Å². The van der Waals surface area contributed by atoms with E-state index in [2.05, 4.69) is 39.7 Å². The SMILES string of the molecule is CCOc1cccc(CNc2ncnc3c(C)csc23)c1.